The molecule has 1 aliphatic rings. The van der Waals surface area contributed by atoms with Gasteiger partial charge in [0, 0.05) is 13.0 Å². The Hall–Kier alpha value is -1.26. The number of benzene rings is 1. The number of nitrogens with zero attached hydrogens (tertiary/aromatic N) is 1. The molecule has 6 heteroatoms. The first-order valence-electron chi connectivity index (χ1n) is 5.45. The molecule has 1 heterocycles. The van der Waals surface area contributed by atoms with E-state index < -0.39 is 12.0 Å². The quantitative estimate of drug-likeness (QED) is 0.930. The van der Waals surface area contributed by atoms with Gasteiger partial charge in [-0.25, -0.2) is 4.79 Å². The maximum Gasteiger partial charge on any atom is 0.326 e. The van der Waals surface area contributed by atoms with Gasteiger partial charge in [0.2, 0.25) is 5.91 Å². The third-order valence-corrected chi connectivity index (χ3v) is 3.69. The summed E-state index contributed by atoms with van der Waals surface area (Å²) in [5, 5.41) is 9.87. The van der Waals surface area contributed by atoms with Crippen molar-refractivity contribution in [1.29, 1.82) is 0 Å². The van der Waals surface area contributed by atoms with Crippen molar-refractivity contribution in [2.24, 2.45) is 0 Å². The molecule has 1 atom stereocenters. The normalized spacial score (nSPS) is 19.3. The molecule has 18 heavy (non-hydrogen) atoms. The van der Waals surface area contributed by atoms with Crippen molar-refractivity contribution in [1.82, 2.24) is 4.90 Å². The SMILES string of the molecule is O=C(O)[C@@H]1CCC(=O)N1Cc1ccc(Cl)c(Cl)c1. The Morgan fingerprint density at radius 1 is 1.39 bits per heavy atom. The Labute approximate surface area is 114 Å². The van der Waals surface area contributed by atoms with Crippen LogP contribution < -0.4 is 0 Å². The van der Waals surface area contributed by atoms with Gasteiger partial charge in [0.1, 0.15) is 6.04 Å². The highest BCUT2D eigenvalue weighted by Crippen LogP contribution is 2.26. The van der Waals surface area contributed by atoms with Gasteiger partial charge in [-0.05, 0) is 24.1 Å². The lowest BCUT2D eigenvalue weighted by Crippen LogP contribution is -2.37. The molecular weight excluding hydrogens is 277 g/mol. The number of carbonyl (C=O) groups is 2. The Kier molecular flexibility index (Phi) is 3.78. The predicted octanol–water partition coefficient (Wildman–Crippen LogP) is 2.57. The monoisotopic (exact) mass is 287 g/mol. The fraction of sp³-hybridized carbons (Fsp3) is 0.333. The maximum atomic E-state index is 11.6. The number of carbonyl (C=O) groups excluding carboxylic acids is 1. The minimum absolute atomic E-state index is 0.145. The summed E-state index contributed by atoms with van der Waals surface area (Å²) in [4.78, 5) is 24.0. The number of hydrogen-bond acceptors (Lipinski definition) is 2. The lowest BCUT2D eigenvalue weighted by molar-refractivity contribution is -0.146. The summed E-state index contributed by atoms with van der Waals surface area (Å²) in [6, 6.07) is 4.27. The molecule has 0 aliphatic carbocycles. The molecule has 1 N–H and O–H groups in total. The molecule has 1 aromatic carbocycles. The second-order valence-corrected chi connectivity index (χ2v) is 4.98. The first kappa shape index (κ1) is 13.2. The van der Waals surface area contributed by atoms with Gasteiger partial charge in [0.05, 0.1) is 10.0 Å². The van der Waals surface area contributed by atoms with E-state index >= 15 is 0 Å². The standard InChI is InChI=1S/C12H11Cl2NO3/c13-8-2-1-7(5-9(8)14)6-15-10(12(17)18)3-4-11(15)16/h1-2,5,10H,3-4,6H2,(H,17,18)/t10-/m0/s1. The molecule has 0 bridgehead atoms. The van der Waals surface area contributed by atoms with Crippen LogP contribution in [0.25, 0.3) is 0 Å². The second kappa shape index (κ2) is 5.16. The van der Waals surface area contributed by atoms with Crippen molar-refractivity contribution in [2.45, 2.75) is 25.4 Å². The molecule has 0 unspecified atom stereocenters. The van der Waals surface area contributed by atoms with Crippen LogP contribution in [-0.2, 0) is 16.1 Å². The zero-order valence-electron chi connectivity index (χ0n) is 9.40. The van der Waals surface area contributed by atoms with E-state index in [0.717, 1.165) is 5.56 Å². The smallest absolute Gasteiger partial charge is 0.326 e. The summed E-state index contributed by atoms with van der Waals surface area (Å²) < 4.78 is 0. The number of rotatable bonds is 3. The number of likely N-dealkylation sites (tertiary alicyclic amines) is 1. The highest BCUT2D eigenvalue weighted by molar-refractivity contribution is 6.42. The van der Waals surface area contributed by atoms with Gasteiger partial charge in [-0.2, -0.15) is 0 Å². The largest absolute Gasteiger partial charge is 0.480 e. The van der Waals surface area contributed by atoms with E-state index in [1.807, 2.05) is 0 Å². The fourth-order valence-corrected chi connectivity index (χ4v) is 2.34. The van der Waals surface area contributed by atoms with Crippen LogP contribution in [0.4, 0.5) is 0 Å². The number of halogens is 2. The molecule has 96 valence electrons. The minimum atomic E-state index is -0.971. The highest BCUT2D eigenvalue weighted by atomic mass is 35.5. The van der Waals surface area contributed by atoms with Crippen molar-refractivity contribution in [3.63, 3.8) is 0 Å². The van der Waals surface area contributed by atoms with Crippen LogP contribution in [0.3, 0.4) is 0 Å². The zero-order valence-corrected chi connectivity index (χ0v) is 10.9. The topological polar surface area (TPSA) is 57.6 Å². The number of carboxylic acids is 1. The van der Waals surface area contributed by atoms with E-state index in [-0.39, 0.29) is 18.9 Å². The molecule has 1 fully saturated rings. The van der Waals surface area contributed by atoms with E-state index in [1.54, 1.807) is 18.2 Å². The summed E-state index contributed by atoms with van der Waals surface area (Å²) in [5.74, 6) is -1.12. The van der Waals surface area contributed by atoms with Crippen molar-refractivity contribution in [2.75, 3.05) is 0 Å². The van der Waals surface area contributed by atoms with Gasteiger partial charge >= 0.3 is 5.97 Å². The summed E-state index contributed by atoms with van der Waals surface area (Å²) >= 11 is 11.7. The molecule has 1 amide bonds. The lowest BCUT2D eigenvalue weighted by Gasteiger charge is -2.21. The molecule has 0 spiro atoms. The van der Waals surface area contributed by atoms with E-state index in [4.69, 9.17) is 28.3 Å². The number of aliphatic carboxylic acids is 1. The van der Waals surface area contributed by atoms with Gasteiger partial charge < -0.3 is 10.0 Å². The molecule has 0 radical (unpaired) electrons. The van der Waals surface area contributed by atoms with Crippen molar-refractivity contribution < 1.29 is 14.7 Å². The lowest BCUT2D eigenvalue weighted by atomic mass is 10.2. The van der Waals surface area contributed by atoms with E-state index in [2.05, 4.69) is 0 Å². The number of amides is 1. The van der Waals surface area contributed by atoms with Crippen LogP contribution in [0.15, 0.2) is 18.2 Å². The van der Waals surface area contributed by atoms with Crippen LogP contribution in [0.5, 0.6) is 0 Å². The van der Waals surface area contributed by atoms with E-state index in [1.165, 1.54) is 4.90 Å². The van der Waals surface area contributed by atoms with Gasteiger partial charge in [-0.15, -0.1) is 0 Å². The summed E-state index contributed by atoms with van der Waals surface area (Å²) in [6.45, 7) is 0.243. The summed E-state index contributed by atoms with van der Waals surface area (Å²) in [6.07, 6.45) is 0.633. The molecule has 2 rings (SSSR count). The second-order valence-electron chi connectivity index (χ2n) is 4.16. The number of carboxylic acid groups (broad SMARTS) is 1. The molecule has 1 saturated heterocycles. The molecule has 0 aromatic heterocycles. The molecular formula is C12H11Cl2NO3. The van der Waals surface area contributed by atoms with Gasteiger partial charge in [0.15, 0.2) is 0 Å². The van der Waals surface area contributed by atoms with Gasteiger partial charge in [-0.3, -0.25) is 4.79 Å². The average Bonchev–Trinajstić information content (AvgIpc) is 2.66. The first-order chi connectivity index (χ1) is 8.49. The predicted molar refractivity (Wildman–Crippen MR) is 67.7 cm³/mol. The molecule has 1 aliphatic heterocycles. The molecule has 0 saturated carbocycles. The minimum Gasteiger partial charge on any atom is -0.480 e. The summed E-state index contributed by atoms with van der Waals surface area (Å²) in [7, 11) is 0. The van der Waals surface area contributed by atoms with E-state index in [0.29, 0.717) is 16.5 Å². The van der Waals surface area contributed by atoms with Crippen molar-refractivity contribution >= 4 is 35.1 Å². The molecule has 1 aromatic rings. The third-order valence-electron chi connectivity index (χ3n) is 2.95. The fourth-order valence-electron chi connectivity index (χ4n) is 2.02. The first-order valence-corrected chi connectivity index (χ1v) is 6.21. The van der Waals surface area contributed by atoms with Crippen LogP contribution in [0.2, 0.25) is 10.0 Å². The Morgan fingerprint density at radius 3 is 2.72 bits per heavy atom. The van der Waals surface area contributed by atoms with E-state index in [9.17, 15) is 9.59 Å². The Balaban J connectivity index is 2.18. The Morgan fingerprint density at radius 2 is 2.11 bits per heavy atom. The Bertz CT molecular complexity index is 504. The van der Waals surface area contributed by atoms with Crippen LogP contribution in [0.1, 0.15) is 18.4 Å². The zero-order chi connectivity index (χ0) is 13.3. The van der Waals surface area contributed by atoms with Gasteiger partial charge in [-0.1, -0.05) is 29.3 Å². The van der Waals surface area contributed by atoms with Crippen LogP contribution >= 0.6 is 23.2 Å². The van der Waals surface area contributed by atoms with Crippen molar-refractivity contribution in [3.05, 3.63) is 33.8 Å². The van der Waals surface area contributed by atoms with Crippen LogP contribution in [0, 0.1) is 0 Å². The maximum absolute atomic E-state index is 11.6. The third kappa shape index (κ3) is 2.60. The molecule has 4 nitrogen and oxygen atoms in total. The van der Waals surface area contributed by atoms with Gasteiger partial charge in [0.25, 0.3) is 0 Å². The van der Waals surface area contributed by atoms with Crippen molar-refractivity contribution in [3.8, 4) is 0 Å². The van der Waals surface area contributed by atoms with Crippen LogP contribution in [-0.4, -0.2) is 27.9 Å². The number of hydrogen-bond donors (Lipinski definition) is 1. The summed E-state index contributed by atoms with van der Waals surface area (Å²) in [5.41, 5.74) is 0.769. The highest BCUT2D eigenvalue weighted by Gasteiger charge is 2.35. The average molecular weight is 288 g/mol.